The van der Waals surface area contributed by atoms with Crippen LogP contribution < -0.4 is 10.6 Å². The molecule has 3 rings (SSSR count). The summed E-state index contributed by atoms with van der Waals surface area (Å²) >= 11 is 0. The summed E-state index contributed by atoms with van der Waals surface area (Å²) in [6.45, 7) is 14.0. The van der Waals surface area contributed by atoms with Gasteiger partial charge in [-0.1, -0.05) is 38.1 Å². The van der Waals surface area contributed by atoms with Crippen LogP contribution >= 0.6 is 0 Å². The Balaban J connectivity index is 1.43. The van der Waals surface area contributed by atoms with Crippen molar-refractivity contribution in [1.29, 1.82) is 0 Å². The van der Waals surface area contributed by atoms with E-state index in [9.17, 15) is 0 Å². The number of rotatable bonds is 9. The number of nitrogens with zero attached hydrogens (tertiary/aromatic N) is 5. The molecule has 1 aliphatic heterocycles. The highest BCUT2D eigenvalue weighted by atomic mass is 15.3. The summed E-state index contributed by atoms with van der Waals surface area (Å²) in [5.74, 6) is 1.43. The quantitative estimate of drug-likeness (QED) is 0.487. The minimum Gasteiger partial charge on any atom is -0.356 e. The fourth-order valence-electron chi connectivity index (χ4n) is 3.92. The Hall–Kier alpha value is -2.38. The third-order valence-corrected chi connectivity index (χ3v) is 5.78. The Labute approximate surface area is 181 Å². The van der Waals surface area contributed by atoms with E-state index in [0.29, 0.717) is 5.92 Å². The first-order valence-electron chi connectivity index (χ1n) is 11.1. The summed E-state index contributed by atoms with van der Waals surface area (Å²) in [6, 6.07) is 10.4. The highest BCUT2D eigenvalue weighted by molar-refractivity contribution is 5.79. The Morgan fingerprint density at radius 3 is 2.47 bits per heavy atom. The number of guanidine groups is 1. The van der Waals surface area contributed by atoms with Gasteiger partial charge in [0.2, 0.25) is 0 Å². The fourth-order valence-corrected chi connectivity index (χ4v) is 3.92. The summed E-state index contributed by atoms with van der Waals surface area (Å²) in [4.78, 5) is 9.51. The lowest BCUT2D eigenvalue weighted by atomic mass is 10.1. The molecule has 1 saturated heterocycles. The van der Waals surface area contributed by atoms with Gasteiger partial charge in [-0.2, -0.15) is 5.10 Å². The van der Waals surface area contributed by atoms with Crippen LogP contribution in [0.5, 0.6) is 0 Å². The molecule has 2 aromatic rings. The maximum absolute atomic E-state index is 4.40. The van der Waals surface area contributed by atoms with Gasteiger partial charge in [-0.05, 0) is 29.7 Å². The molecule has 1 unspecified atom stereocenters. The van der Waals surface area contributed by atoms with E-state index < -0.39 is 0 Å². The highest BCUT2D eigenvalue weighted by Gasteiger charge is 2.17. The van der Waals surface area contributed by atoms with Crippen molar-refractivity contribution in [3.8, 4) is 0 Å². The number of hydrogen-bond acceptors (Lipinski definition) is 4. The predicted molar refractivity (Wildman–Crippen MR) is 124 cm³/mol. The monoisotopic (exact) mass is 411 g/mol. The molecule has 0 radical (unpaired) electrons. The average molecular weight is 412 g/mol. The normalized spacial score (nSPS) is 17.1. The molecule has 1 aromatic carbocycles. The van der Waals surface area contributed by atoms with Crippen LogP contribution in [0.25, 0.3) is 0 Å². The smallest absolute Gasteiger partial charge is 0.191 e. The lowest BCUT2D eigenvalue weighted by Crippen LogP contribution is -2.48. The molecule has 2 N–H and O–H groups in total. The number of likely N-dealkylation sites (N-methyl/N-ethyl adjacent to an activating group) is 1. The van der Waals surface area contributed by atoms with E-state index >= 15 is 0 Å². The zero-order chi connectivity index (χ0) is 21.2. The molecule has 1 atom stereocenters. The lowest BCUT2D eigenvalue weighted by Gasteiger charge is -2.35. The Bertz CT molecular complexity index is 764. The van der Waals surface area contributed by atoms with Gasteiger partial charge in [0.05, 0.1) is 6.54 Å². The van der Waals surface area contributed by atoms with Gasteiger partial charge in [0, 0.05) is 65.3 Å². The summed E-state index contributed by atoms with van der Waals surface area (Å²) < 4.78 is 1.95. The first-order valence-corrected chi connectivity index (χ1v) is 11.1. The Morgan fingerprint density at radius 2 is 1.80 bits per heavy atom. The molecule has 0 spiro atoms. The van der Waals surface area contributed by atoms with Crippen LogP contribution in [0.15, 0.2) is 47.7 Å². The van der Waals surface area contributed by atoms with Crippen LogP contribution in [-0.2, 0) is 13.1 Å². The van der Waals surface area contributed by atoms with Crippen molar-refractivity contribution >= 4 is 5.96 Å². The zero-order valence-electron chi connectivity index (χ0n) is 18.7. The number of aromatic nitrogens is 2. The van der Waals surface area contributed by atoms with E-state index in [0.717, 1.165) is 38.7 Å². The van der Waals surface area contributed by atoms with Crippen molar-refractivity contribution < 1.29 is 0 Å². The molecular weight excluding hydrogens is 374 g/mol. The van der Waals surface area contributed by atoms with Gasteiger partial charge in [0.15, 0.2) is 5.96 Å². The minimum absolute atomic E-state index is 0.573. The van der Waals surface area contributed by atoms with Crippen molar-refractivity contribution in [2.45, 2.75) is 26.9 Å². The molecular formula is C23H37N7. The van der Waals surface area contributed by atoms with Crippen molar-refractivity contribution in [3.63, 3.8) is 0 Å². The topological polar surface area (TPSA) is 60.7 Å². The second-order valence-electron chi connectivity index (χ2n) is 8.12. The van der Waals surface area contributed by atoms with Crippen LogP contribution in [-0.4, -0.2) is 78.4 Å². The second kappa shape index (κ2) is 11.7. The highest BCUT2D eigenvalue weighted by Crippen LogP contribution is 2.10. The van der Waals surface area contributed by atoms with Gasteiger partial charge in [-0.25, -0.2) is 0 Å². The Kier molecular flexibility index (Phi) is 8.71. The molecule has 1 fully saturated rings. The van der Waals surface area contributed by atoms with Gasteiger partial charge in [0.25, 0.3) is 0 Å². The number of benzene rings is 1. The van der Waals surface area contributed by atoms with E-state index in [1.807, 2.05) is 30.2 Å². The van der Waals surface area contributed by atoms with Crippen LogP contribution in [0.3, 0.4) is 0 Å². The molecule has 1 aromatic heterocycles. The predicted octanol–water partition coefficient (Wildman–Crippen LogP) is 1.87. The molecule has 30 heavy (non-hydrogen) atoms. The van der Waals surface area contributed by atoms with Gasteiger partial charge in [-0.3, -0.25) is 9.67 Å². The van der Waals surface area contributed by atoms with Gasteiger partial charge in [0.1, 0.15) is 0 Å². The molecule has 164 valence electrons. The molecule has 2 heterocycles. The van der Waals surface area contributed by atoms with Crippen molar-refractivity contribution in [2.75, 3.05) is 52.9 Å². The van der Waals surface area contributed by atoms with Gasteiger partial charge >= 0.3 is 0 Å². The molecule has 0 amide bonds. The first kappa shape index (κ1) is 22.3. The van der Waals surface area contributed by atoms with Crippen LogP contribution in [0, 0.1) is 5.92 Å². The van der Waals surface area contributed by atoms with E-state index in [-0.39, 0.29) is 0 Å². The first-order chi connectivity index (χ1) is 14.7. The molecule has 0 saturated carbocycles. The molecule has 7 heteroatoms. The van der Waals surface area contributed by atoms with Crippen LogP contribution in [0.1, 0.15) is 25.0 Å². The fraction of sp³-hybridized carbons (Fsp3) is 0.565. The van der Waals surface area contributed by atoms with E-state index in [4.69, 9.17) is 0 Å². The second-order valence-corrected chi connectivity index (χ2v) is 8.12. The summed E-state index contributed by atoms with van der Waals surface area (Å²) in [5, 5.41) is 11.3. The SMILES string of the molecule is CCN1CCN(CC(C)CNC(=NC)NCc2ccccc2Cn2cccn2)CC1. The maximum atomic E-state index is 4.40. The number of nitrogens with one attached hydrogen (secondary N) is 2. The number of piperazine rings is 1. The Morgan fingerprint density at radius 1 is 1.07 bits per heavy atom. The van der Waals surface area contributed by atoms with E-state index in [2.05, 4.69) is 68.6 Å². The molecule has 0 aliphatic carbocycles. The number of hydrogen-bond donors (Lipinski definition) is 2. The van der Waals surface area contributed by atoms with Crippen molar-refractivity contribution in [1.82, 2.24) is 30.2 Å². The van der Waals surface area contributed by atoms with E-state index in [1.165, 1.54) is 37.3 Å². The number of aliphatic imine (C=N–C) groups is 1. The van der Waals surface area contributed by atoms with Gasteiger partial charge < -0.3 is 20.4 Å². The third-order valence-electron chi connectivity index (χ3n) is 5.78. The average Bonchev–Trinajstić information content (AvgIpc) is 3.28. The molecule has 0 bridgehead atoms. The van der Waals surface area contributed by atoms with E-state index in [1.54, 1.807) is 0 Å². The largest absolute Gasteiger partial charge is 0.356 e. The van der Waals surface area contributed by atoms with Crippen LogP contribution in [0.2, 0.25) is 0 Å². The van der Waals surface area contributed by atoms with Crippen molar-refractivity contribution in [2.24, 2.45) is 10.9 Å². The van der Waals surface area contributed by atoms with Gasteiger partial charge in [-0.15, -0.1) is 0 Å². The maximum Gasteiger partial charge on any atom is 0.191 e. The van der Waals surface area contributed by atoms with Crippen molar-refractivity contribution in [3.05, 3.63) is 53.9 Å². The standard InChI is InChI=1S/C23H37N7/c1-4-28-12-14-29(15-13-28)18-20(2)16-25-23(24-3)26-17-21-8-5-6-9-22(21)19-30-11-7-10-27-30/h5-11,20H,4,12-19H2,1-3H3,(H2,24,25,26). The third kappa shape index (κ3) is 6.85. The van der Waals surface area contributed by atoms with Crippen LogP contribution in [0.4, 0.5) is 0 Å². The summed E-state index contributed by atoms with van der Waals surface area (Å²) in [7, 11) is 1.83. The minimum atomic E-state index is 0.573. The summed E-state index contributed by atoms with van der Waals surface area (Å²) in [5.41, 5.74) is 2.53. The zero-order valence-corrected chi connectivity index (χ0v) is 18.7. The molecule has 1 aliphatic rings. The molecule has 7 nitrogen and oxygen atoms in total. The summed E-state index contributed by atoms with van der Waals surface area (Å²) in [6.07, 6.45) is 3.81. The lowest BCUT2D eigenvalue weighted by molar-refractivity contribution is 0.124.